The average molecular weight is 374 g/mol. The first-order chi connectivity index (χ1) is 12.1. The van der Waals surface area contributed by atoms with E-state index >= 15 is 0 Å². The van der Waals surface area contributed by atoms with Gasteiger partial charge < -0.3 is 10.6 Å². The summed E-state index contributed by atoms with van der Waals surface area (Å²) >= 11 is 12.2. The summed E-state index contributed by atoms with van der Waals surface area (Å²) in [6.07, 6.45) is 6.17. The van der Waals surface area contributed by atoms with E-state index in [1.807, 2.05) is 12.1 Å². The second kappa shape index (κ2) is 7.92. The van der Waals surface area contributed by atoms with Gasteiger partial charge in [0.2, 0.25) is 0 Å². The molecule has 0 fully saturated rings. The summed E-state index contributed by atoms with van der Waals surface area (Å²) < 4.78 is 0. The Morgan fingerprint density at radius 3 is 2.36 bits per heavy atom. The lowest BCUT2D eigenvalue weighted by Crippen LogP contribution is -2.24. The minimum atomic E-state index is -0.313. The van der Waals surface area contributed by atoms with Gasteiger partial charge in [0.1, 0.15) is 11.5 Å². The lowest BCUT2D eigenvalue weighted by molar-refractivity contribution is 0.0945. The number of carbonyl (C=O) groups is 1. The van der Waals surface area contributed by atoms with Gasteiger partial charge in [-0.2, -0.15) is 0 Å². The highest BCUT2D eigenvalue weighted by Gasteiger charge is 2.10. The zero-order chi connectivity index (χ0) is 17.6. The van der Waals surface area contributed by atoms with E-state index in [9.17, 15) is 4.79 Å². The zero-order valence-electron chi connectivity index (χ0n) is 12.9. The van der Waals surface area contributed by atoms with Gasteiger partial charge in [0.25, 0.3) is 5.91 Å². The van der Waals surface area contributed by atoms with Crippen molar-refractivity contribution >= 4 is 40.6 Å². The molecule has 0 aliphatic rings. The Hall–Kier alpha value is -2.70. The smallest absolute Gasteiger partial charge is 0.271 e. The van der Waals surface area contributed by atoms with Gasteiger partial charge in [-0.15, -0.1) is 0 Å². The number of amides is 1. The highest BCUT2D eigenvalue weighted by Crippen LogP contribution is 2.31. The molecule has 8 heteroatoms. The van der Waals surface area contributed by atoms with E-state index in [4.69, 9.17) is 23.2 Å². The van der Waals surface area contributed by atoms with Crippen molar-refractivity contribution in [3.8, 4) is 0 Å². The van der Waals surface area contributed by atoms with Crippen LogP contribution < -0.4 is 10.6 Å². The number of hydrogen-bond acceptors (Lipinski definition) is 5. The third kappa shape index (κ3) is 4.43. The number of aromatic nitrogens is 3. The summed E-state index contributed by atoms with van der Waals surface area (Å²) in [5, 5.41) is 6.69. The molecule has 0 radical (unpaired) electrons. The van der Waals surface area contributed by atoms with Gasteiger partial charge >= 0.3 is 0 Å². The highest BCUT2D eigenvalue weighted by atomic mass is 35.5. The molecule has 25 heavy (non-hydrogen) atoms. The van der Waals surface area contributed by atoms with Crippen LogP contribution in [0.15, 0.2) is 55.1 Å². The molecule has 2 heterocycles. The number of hydrogen-bond donors (Lipinski definition) is 2. The van der Waals surface area contributed by atoms with Crippen LogP contribution in [0, 0.1) is 0 Å². The van der Waals surface area contributed by atoms with Crippen molar-refractivity contribution in [3.63, 3.8) is 0 Å². The Labute approximate surface area is 154 Å². The summed E-state index contributed by atoms with van der Waals surface area (Å²) in [5.74, 6) is 0.118. The molecule has 2 N–H and O–H groups in total. The van der Waals surface area contributed by atoms with E-state index in [-0.39, 0.29) is 11.6 Å². The fourth-order valence-electron chi connectivity index (χ4n) is 2.03. The zero-order valence-corrected chi connectivity index (χ0v) is 14.4. The second-order valence-electron chi connectivity index (χ2n) is 5.05. The summed E-state index contributed by atoms with van der Waals surface area (Å²) in [5.41, 5.74) is 1.70. The summed E-state index contributed by atoms with van der Waals surface area (Å²) in [6, 6.07) is 8.82. The molecule has 0 bridgehead atoms. The van der Waals surface area contributed by atoms with E-state index in [1.165, 1.54) is 12.4 Å². The fraction of sp³-hybridized carbons (Fsp3) is 0.0588. The topological polar surface area (TPSA) is 79.8 Å². The Morgan fingerprint density at radius 2 is 1.72 bits per heavy atom. The Bertz CT molecular complexity index is 852. The van der Waals surface area contributed by atoms with Gasteiger partial charge in [-0.1, -0.05) is 29.3 Å². The molecule has 0 spiro atoms. The third-order valence-corrected chi connectivity index (χ3v) is 3.93. The largest absolute Gasteiger partial charge is 0.347 e. The van der Waals surface area contributed by atoms with Crippen molar-refractivity contribution in [1.82, 2.24) is 20.3 Å². The standard InChI is InChI=1S/C17H13Cl2N5O/c18-12-2-1-3-13(19)16(12)24-15-10-21-14(9-22-15)17(25)23-8-11-4-6-20-7-5-11/h1-7,9-10H,8H2,(H,22,24)(H,23,25). The van der Waals surface area contributed by atoms with Crippen LogP contribution in [0.4, 0.5) is 11.5 Å². The highest BCUT2D eigenvalue weighted by molar-refractivity contribution is 6.39. The Morgan fingerprint density at radius 1 is 1.00 bits per heavy atom. The number of pyridine rings is 1. The summed E-state index contributed by atoms with van der Waals surface area (Å²) in [7, 11) is 0. The maximum Gasteiger partial charge on any atom is 0.271 e. The molecule has 126 valence electrons. The number of anilines is 2. The second-order valence-corrected chi connectivity index (χ2v) is 5.86. The molecule has 0 aliphatic heterocycles. The van der Waals surface area contributed by atoms with Gasteiger partial charge in [-0.3, -0.25) is 9.78 Å². The maximum absolute atomic E-state index is 12.1. The van der Waals surface area contributed by atoms with Crippen LogP contribution in [-0.2, 0) is 6.54 Å². The van der Waals surface area contributed by atoms with Crippen LogP contribution in [0.3, 0.4) is 0 Å². The van der Waals surface area contributed by atoms with Gasteiger partial charge in [0.15, 0.2) is 0 Å². The van der Waals surface area contributed by atoms with E-state index in [2.05, 4.69) is 25.6 Å². The van der Waals surface area contributed by atoms with E-state index < -0.39 is 0 Å². The van der Waals surface area contributed by atoms with Crippen LogP contribution in [-0.4, -0.2) is 20.9 Å². The quantitative estimate of drug-likeness (QED) is 0.709. The first-order valence-corrected chi connectivity index (χ1v) is 8.09. The lowest BCUT2D eigenvalue weighted by Gasteiger charge is -2.09. The molecule has 6 nitrogen and oxygen atoms in total. The lowest BCUT2D eigenvalue weighted by atomic mass is 10.2. The van der Waals surface area contributed by atoms with Gasteiger partial charge in [0, 0.05) is 18.9 Å². The molecule has 3 rings (SSSR count). The minimum absolute atomic E-state index is 0.213. The molecule has 1 amide bonds. The van der Waals surface area contributed by atoms with E-state index in [0.29, 0.717) is 28.1 Å². The molecule has 3 aromatic rings. The minimum Gasteiger partial charge on any atom is -0.347 e. The van der Waals surface area contributed by atoms with Crippen molar-refractivity contribution in [3.05, 3.63) is 76.4 Å². The Balaban J connectivity index is 1.64. The number of benzene rings is 1. The van der Waals surface area contributed by atoms with Crippen molar-refractivity contribution in [2.24, 2.45) is 0 Å². The van der Waals surface area contributed by atoms with Crippen LogP contribution >= 0.6 is 23.2 Å². The molecule has 0 aliphatic carbocycles. The SMILES string of the molecule is O=C(NCc1ccncc1)c1cnc(Nc2c(Cl)cccc2Cl)cn1. The maximum atomic E-state index is 12.1. The monoisotopic (exact) mass is 373 g/mol. The van der Waals surface area contributed by atoms with E-state index in [1.54, 1.807) is 30.6 Å². The van der Waals surface area contributed by atoms with Crippen molar-refractivity contribution in [2.75, 3.05) is 5.32 Å². The van der Waals surface area contributed by atoms with Crippen LogP contribution in [0.1, 0.15) is 16.1 Å². The first-order valence-electron chi connectivity index (χ1n) is 7.33. The third-order valence-electron chi connectivity index (χ3n) is 3.30. The molecule has 2 aromatic heterocycles. The van der Waals surface area contributed by atoms with Crippen molar-refractivity contribution < 1.29 is 4.79 Å². The molecule has 0 atom stereocenters. The molecular formula is C17H13Cl2N5O. The summed E-state index contributed by atoms with van der Waals surface area (Å²) in [6.45, 7) is 0.387. The van der Waals surface area contributed by atoms with Crippen LogP contribution in [0.25, 0.3) is 0 Å². The number of para-hydroxylation sites is 1. The number of halogens is 2. The molecule has 0 unspecified atom stereocenters. The van der Waals surface area contributed by atoms with Crippen LogP contribution in [0.2, 0.25) is 10.0 Å². The predicted octanol–water partition coefficient (Wildman–Crippen LogP) is 3.85. The van der Waals surface area contributed by atoms with Gasteiger partial charge in [-0.05, 0) is 29.8 Å². The van der Waals surface area contributed by atoms with Gasteiger partial charge in [-0.25, -0.2) is 9.97 Å². The van der Waals surface area contributed by atoms with E-state index in [0.717, 1.165) is 5.56 Å². The van der Waals surface area contributed by atoms with Crippen molar-refractivity contribution in [2.45, 2.75) is 6.54 Å². The number of rotatable bonds is 5. The van der Waals surface area contributed by atoms with Gasteiger partial charge in [0.05, 0.1) is 28.1 Å². The number of carbonyl (C=O) groups excluding carboxylic acids is 1. The molecule has 0 saturated carbocycles. The Kier molecular flexibility index (Phi) is 5.42. The average Bonchev–Trinajstić information content (AvgIpc) is 2.64. The molecular weight excluding hydrogens is 361 g/mol. The number of nitrogens with zero attached hydrogens (tertiary/aromatic N) is 3. The summed E-state index contributed by atoms with van der Waals surface area (Å²) in [4.78, 5) is 24.3. The first kappa shape index (κ1) is 17.1. The fourth-order valence-corrected chi connectivity index (χ4v) is 2.52. The molecule has 1 aromatic carbocycles. The van der Waals surface area contributed by atoms with Crippen molar-refractivity contribution in [1.29, 1.82) is 0 Å². The van der Waals surface area contributed by atoms with Crippen LogP contribution in [0.5, 0.6) is 0 Å². The normalized spacial score (nSPS) is 10.3. The number of nitrogens with one attached hydrogen (secondary N) is 2. The molecule has 0 saturated heterocycles. The predicted molar refractivity (Wildman–Crippen MR) is 97.2 cm³/mol.